The predicted octanol–water partition coefficient (Wildman–Crippen LogP) is 2.97. The van der Waals surface area contributed by atoms with E-state index in [-0.39, 0.29) is 0 Å². The normalized spacial score (nSPS) is 29.5. The van der Waals surface area contributed by atoms with E-state index in [1.807, 2.05) is 11.3 Å². The minimum atomic E-state index is 0.691. The fraction of sp³-hybridized carbons (Fsp3) is 0.714. The number of hydrogen-bond donors (Lipinski definition) is 1. The van der Waals surface area contributed by atoms with Gasteiger partial charge in [0.1, 0.15) is 0 Å². The van der Waals surface area contributed by atoms with Crippen LogP contribution < -0.4 is 5.73 Å². The number of fused-ring (bicyclic) bond motifs is 1. The van der Waals surface area contributed by atoms with Crippen LogP contribution in [0.15, 0.2) is 12.1 Å². The first-order valence-electron chi connectivity index (χ1n) is 6.88. The molecule has 1 aliphatic carbocycles. The number of nitrogens with zero attached hydrogens (tertiary/aromatic N) is 1. The van der Waals surface area contributed by atoms with Crippen molar-refractivity contribution in [2.24, 2.45) is 11.7 Å². The molecule has 1 aliphatic heterocycles. The number of hydrogen-bond acceptors (Lipinski definition) is 3. The van der Waals surface area contributed by atoms with Crippen molar-refractivity contribution in [2.45, 2.75) is 51.2 Å². The molecule has 2 nitrogen and oxygen atoms in total. The lowest BCUT2D eigenvalue weighted by molar-refractivity contribution is 0.107. The minimum absolute atomic E-state index is 0.691. The molecule has 0 amide bonds. The van der Waals surface area contributed by atoms with Gasteiger partial charge < -0.3 is 5.73 Å². The van der Waals surface area contributed by atoms with E-state index in [1.165, 1.54) is 48.4 Å². The van der Waals surface area contributed by atoms with Crippen molar-refractivity contribution >= 4 is 11.3 Å². The summed E-state index contributed by atoms with van der Waals surface area (Å²) in [5.41, 5.74) is 5.68. The molecule has 0 aromatic carbocycles. The number of rotatable bonds is 3. The van der Waals surface area contributed by atoms with E-state index in [9.17, 15) is 0 Å². The Labute approximate surface area is 108 Å². The van der Waals surface area contributed by atoms with Crippen LogP contribution in [-0.4, -0.2) is 17.5 Å². The molecule has 2 N–H and O–H groups in total. The van der Waals surface area contributed by atoms with Gasteiger partial charge in [-0.3, -0.25) is 4.90 Å². The van der Waals surface area contributed by atoms with Gasteiger partial charge in [-0.1, -0.05) is 6.42 Å². The number of thiophene rings is 1. The molecular weight excluding hydrogens is 228 g/mol. The van der Waals surface area contributed by atoms with Gasteiger partial charge >= 0.3 is 0 Å². The largest absolute Gasteiger partial charge is 0.326 e. The van der Waals surface area contributed by atoms with Crippen LogP contribution in [0.4, 0.5) is 0 Å². The summed E-state index contributed by atoms with van der Waals surface area (Å²) < 4.78 is 0. The maximum absolute atomic E-state index is 5.68. The van der Waals surface area contributed by atoms with Crippen molar-refractivity contribution in [1.29, 1.82) is 0 Å². The Hall–Kier alpha value is -0.380. The van der Waals surface area contributed by atoms with Crippen LogP contribution >= 0.6 is 11.3 Å². The third kappa shape index (κ3) is 2.42. The second-order valence-corrected chi connectivity index (χ2v) is 6.70. The monoisotopic (exact) mass is 250 g/mol. The molecule has 0 radical (unpaired) electrons. The summed E-state index contributed by atoms with van der Waals surface area (Å²) in [6.07, 6.45) is 7.22. The zero-order valence-corrected chi connectivity index (χ0v) is 11.2. The Morgan fingerprint density at radius 3 is 2.82 bits per heavy atom. The van der Waals surface area contributed by atoms with Gasteiger partial charge in [0.25, 0.3) is 0 Å². The van der Waals surface area contributed by atoms with Gasteiger partial charge in [-0.2, -0.15) is 0 Å². The Bertz CT molecular complexity index is 374. The molecule has 2 aliphatic rings. The Morgan fingerprint density at radius 2 is 2.00 bits per heavy atom. The van der Waals surface area contributed by atoms with Crippen LogP contribution in [0.2, 0.25) is 0 Å². The molecule has 0 bridgehead atoms. The molecule has 2 fully saturated rings. The first kappa shape index (κ1) is 11.7. The lowest BCUT2D eigenvalue weighted by Crippen LogP contribution is -2.41. The molecule has 1 aromatic heterocycles. The van der Waals surface area contributed by atoms with Gasteiger partial charge in [0.2, 0.25) is 0 Å². The molecule has 94 valence electrons. The molecule has 2 unspecified atom stereocenters. The summed E-state index contributed by atoms with van der Waals surface area (Å²) in [5.74, 6) is 0.998. The van der Waals surface area contributed by atoms with Gasteiger partial charge in [-0.05, 0) is 50.3 Å². The highest BCUT2D eigenvalue weighted by Gasteiger charge is 2.34. The smallest absolute Gasteiger partial charge is 0.0331 e. The summed E-state index contributed by atoms with van der Waals surface area (Å²) in [6, 6.07) is 5.34. The zero-order chi connectivity index (χ0) is 11.7. The SMILES string of the molecule is NCc1ccc(CN2CCCC3CCCC32)s1. The standard InChI is InChI=1S/C14H22N2S/c15-9-12-6-7-13(17-12)10-16-8-2-4-11-3-1-5-14(11)16/h6-7,11,14H,1-5,8-10,15H2. The van der Waals surface area contributed by atoms with Gasteiger partial charge in [0, 0.05) is 28.9 Å². The van der Waals surface area contributed by atoms with Crippen LogP contribution in [0.25, 0.3) is 0 Å². The van der Waals surface area contributed by atoms with Gasteiger partial charge in [-0.25, -0.2) is 0 Å². The van der Waals surface area contributed by atoms with E-state index in [1.54, 1.807) is 0 Å². The molecule has 2 heterocycles. The second-order valence-electron chi connectivity index (χ2n) is 5.44. The van der Waals surface area contributed by atoms with E-state index in [2.05, 4.69) is 17.0 Å². The van der Waals surface area contributed by atoms with Gasteiger partial charge in [-0.15, -0.1) is 11.3 Å². The maximum Gasteiger partial charge on any atom is 0.0331 e. The predicted molar refractivity (Wildman–Crippen MR) is 73.0 cm³/mol. The Morgan fingerprint density at radius 1 is 1.18 bits per heavy atom. The molecule has 3 rings (SSSR count). The lowest BCUT2D eigenvalue weighted by atomic mass is 9.92. The van der Waals surface area contributed by atoms with E-state index in [4.69, 9.17) is 5.73 Å². The van der Waals surface area contributed by atoms with Gasteiger partial charge in [0.05, 0.1) is 0 Å². The minimum Gasteiger partial charge on any atom is -0.326 e. The summed E-state index contributed by atoms with van der Waals surface area (Å²) in [5, 5.41) is 0. The number of nitrogens with two attached hydrogens (primary N) is 1. The fourth-order valence-corrected chi connectivity index (χ4v) is 4.49. The highest BCUT2D eigenvalue weighted by Crippen LogP contribution is 2.37. The van der Waals surface area contributed by atoms with E-state index < -0.39 is 0 Å². The first-order valence-corrected chi connectivity index (χ1v) is 7.70. The molecule has 3 heteroatoms. The zero-order valence-electron chi connectivity index (χ0n) is 10.4. The van der Waals surface area contributed by atoms with Crippen molar-refractivity contribution in [2.75, 3.05) is 6.54 Å². The maximum atomic E-state index is 5.68. The van der Waals surface area contributed by atoms with Crippen molar-refractivity contribution in [3.8, 4) is 0 Å². The van der Waals surface area contributed by atoms with Crippen molar-refractivity contribution in [1.82, 2.24) is 4.90 Å². The van der Waals surface area contributed by atoms with Crippen LogP contribution in [0.1, 0.15) is 41.9 Å². The molecule has 1 saturated carbocycles. The van der Waals surface area contributed by atoms with E-state index in [0.29, 0.717) is 6.54 Å². The van der Waals surface area contributed by atoms with Crippen LogP contribution in [0.5, 0.6) is 0 Å². The van der Waals surface area contributed by atoms with Crippen molar-refractivity contribution < 1.29 is 0 Å². The topological polar surface area (TPSA) is 29.3 Å². The number of piperidine rings is 1. The van der Waals surface area contributed by atoms with Crippen LogP contribution in [-0.2, 0) is 13.1 Å². The summed E-state index contributed by atoms with van der Waals surface area (Å²) in [6.45, 7) is 3.15. The van der Waals surface area contributed by atoms with E-state index in [0.717, 1.165) is 18.5 Å². The van der Waals surface area contributed by atoms with Crippen LogP contribution in [0, 0.1) is 5.92 Å². The van der Waals surface area contributed by atoms with Crippen molar-refractivity contribution in [3.05, 3.63) is 21.9 Å². The van der Waals surface area contributed by atoms with E-state index >= 15 is 0 Å². The highest BCUT2D eigenvalue weighted by atomic mass is 32.1. The number of likely N-dealkylation sites (tertiary alicyclic amines) is 1. The second kappa shape index (κ2) is 5.09. The molecular formula is C14H22N2S. The molecule has 17 heavy (non-hydrogen) atoms. The Kier molecular flexibility index (Phi) is 3.50. The quantitative estimate of drug-likeness (QED) is 0.893. The Balaban J connectivity index is 1.67. The molecule has 2 atom stereocenters. The first-order chi connectivity index (χ1) is 8.36. The average Bonchev–Trinajstić information content (AvgIpc) is 2.97. The third-order valence-electron chi connectivity index (χ3n) is 4.39. The average molecular weight is 250 g/mol. The summed E-state index contributed by atoms with van der Waals surface area (Å²) >= 11 is 1.89. The van der Waals surface area contributed by atoms with Crippen molar-refractivity contribution in [3.63, 3.8) is 0 Å². The van der Waals surface area contributed by atoms with Gasteiger partial charge in [0.15, 0.2) is 0 Å². The summed E-state index contributed by atoms with van der Waals surface area (Å²) in [7, 11) is 0. The molecule has 1 aromatic rings. The third-order valence-corrected chi connectivity index (χ3v) is 5.48. The fourth-order valence-electron chi connectivity index (χ4n) is 3.57. The highest BCUT2D eigenvalue weighted by molar-refractivity contribution is 7.11. The lowest BCUT2D eigenvalue weighted by Gasteiger charge is -2.37. The molecule has 0 spiro atoms. The van der Waals surface area contributed by atoms with Crippen LogP contribution in [0.3, 0.4) is 0 Å². The summed E-state index contributed by atoms with van der Waals surface area (Å²) in [4.78, 5) is 5.55. The molecule has 1 saturated heterocycles.